The number of alkyl halides is 3. The zero-order valence-electron chi connectivity index (χ0n) is 16.5. The Morgan fingerprint density at radius 2 is 1.55 bits per heavy atom. The summed E-state index contributed by atoms with van der Waals surface area (Å²) in [5.41, 5.74) is -3.35. The molecule has 162 valence electrons. The normalized spacial score (nSPS) is 35.1. The van der Waals surface area contributed by atoms with Crippen molar-refractivity contribution in [3.8, 4) is 0 Å². The molecule has 6 nitrogen and oxygen atoms in total. The molecule has 0 spiro atoms. The summed E-state index contributed by atoms with van der Waals surface area (Å²) >= 11 is 0. The number of halogens is 3. The van der Waals surface area contributed by atoms with Crippen LogP contribution < -0.4 is 0 Å². The maximum absolute atomic E-state index is 12.8. The lowest BCUT2D eigenvalue weighted by Gasteiger charge is -2.63. The minimum atomic E-state index is -4.65. The molecule has 4 bridgehead atoms. The Morgan fingerprint density at radius 1 is 1.00 bits per heavy atom. The van der Waals surface area contributed by atoms with E-state index in [1.807, 2.05) is 0 Å². The fraction of sp³-hybridized carbons (Fsp3) is 0.750. The Hall–Kier alpha value is -2.06. The van der Waals surface area contributed by atoms with E-state index >= 15 is 0 Å². The van der Waals surface area contributed by atoms with Gasteiger partial charge in [-0.1, -0.05) is 6.58 Å². The third-order valence-electron chi connectivity index (χ3n) is 6.18. The predicted octanol–water partition coefficient (Wildman–Crippen LogP) is 3.48. The molecule has 4 rings (SSSR count). The van der Waals surface area contributed by atoms with Crippen LogP contribution in [0.5, 0.6) is 0 Å². The molecule has 4 unspecified atom stereocenters. The Kier molecular flexibility index (Phi) is 5.24. The van der Waals surface area contributed by atoms with Crippen LogP contribution in [0.25, 0.3) is 0 Å². The summed E-state index contributed by atoms with van der Waals surface area (Å²) in [4.78, 5) is 37.9. The molecule has 0 saturated heterocycles. The Labute approximate surface area is 166 Å². The zero-order chi connectivity index (χ0) is 21.7. The summed E-state index contributed by atoms with van der Waals surface area (Å²) in [6, 6.07) is 0. The molecule has 4 fully saturated rings. The molecule has 4 atom stereocenters. The van der Waals surface area contributed by atoms with Crippen molar-refractivity contribution in [2.45, 2.75) is 64.1 Å². The van der Waals surface area contributed by atoms with Crippen molar-refractivity contribution in [2.24, 2.45) is 16.7 Å². The van der Waals surface area contributed by atoms with E-state index in [1.165, 1.54) is 6.92 Å². The average molecular weight is 418 g/mol. The number of hydrogen-bond acceptors (Lipinski definition) is 6. The van der Waals surface area contributed by atoms with Gasteiger partial charge in [-0.3, -0.25) is 9.59 Å². The molecule has 4 aliphatic rings. The van der Waals surface area contributed by atoms with Crippen molar-refractivity contribution in [3.63, 3.8) is 0 Å². The van der Waals surface area contributed by atoms with E-state index in [0.717, 1.165) is 0 Å². The Bertz CT molecular complexity index is 747. The van der Waals surface area contributed by atoms with E-state index in [2.05, 4.69) is 11.3 Å². The number of ether oxygens (including phenoxy) is 3. The quantitative estimate of drug-likeness (QED) is 0.373. The SMILES string of the molecule is C=C(C)C(=O)OC12CC3CC(C(=O)OCC)(C1)CC(C(=O)OCC(F)(F)F)(C3)C2. The molecular weight excluding hydrogens is 393 g/mol. The van der Waals surface area contributed by atoms with Crippen LogP contribution >= 0.6 is 0 Å². The van der Waals surface area contributed by atoms with Crippen molar-refractivity contribution < 1.29 is 41.8 Å². The van der Waals surface area contributed by atoms with E-state index in [-0.39, 0.29) is 37.4 Å². The van der Waals surface area contributed by atoms with Crippen LogP contribution in [0.15, 0.2) is 12.2 Å². The van der Waals surface area contributed by atoms with Gasteiger partial charge in [0.2, 0.25) is 0 Å². The monoisotopic (exact) mass is 418 g/mol. The molecule has 0 N–H and O–H groups in total. The van der Waals surface area contributed by atoms with E-state index in [9.17, 15) is 27.6 Å². The fourth-order valence-electron chi connectivity index (χ4n) is 5.79. The first-order valence-electron chi connectivity index (χ1n) is 9.64. The van der Waals surface area contributed by atoms with Crippen LogP contribution in [-0.4, -0.2) is 42.9 Å². The van der Waals surface area contributed by atoms with Crippen molar-refractivity contribution in [1.82, 2.24) is 0 Å². The maximum Gasteiger partial charge on any atom is 0.422 e. The summed E-state index contributed by atoms with van der Waals surface area (Å²) in [6.45, 7) is 5.14. The summed E-state index contributed by atoms with van der Waals surface area (Å²) in [5, 5.41) is 0. The van der Waals surface area contributed by atoms with Gasteiger partial charge in [0.15, 0.2) is 6.61 Å². The smallest absolute Gasteiger partial charge is 0.422 e. The highest BCUT2D eigenvalue weighted by Gasteiger charge is 2.70. The first-order valence-corrected chi connectivity index (χ1v) is 9.64. The summed E-state index contributed by atoms with van der Waals surface area (Å²) in [5.74, 6) is -2.31. The number of carbonyl (C=O) groups excluding carboxylic acids is 3. The molecule has 0 aromatic heterocycles. The third-order valence-corrected chi connectivity index (χ3v) is 6.18. The van der Waals surface area contributed by atoms with Gasteiger partial charge in [0.05, 0.1) is 17.4 Å². The number of carbonyl (C=O) groups is 3. The molecule has 4 saturated carbocycles. The van der Waals surface area contributed by atoms with Gasteiger partial charge in [-0.25, -0.2) is 4.79 Å². The molecule has 9 heteroatoms. The van der Waals surface area contributed by atoms with Gasteiger partial charge < -0.3 is 14.2 Å². The average Bonchev–Trinajstić information content (AvgIpc) is 2.57. The summed E-state index contributed by atoms with van der Waals surface area (Å²) in [7, 11) is 0. The van der Waals surface area contributed by atoms with Gasteiger partial charge in [0.1, 0.15) is 5.60 Å². The summed E-state index contributed by atoms with van der Waals surface area (Å²) < 4.78 is 53.3. The van der Waals surface area contributed by atoms with Crippen molar-refractivity contribution in [2.75, 3.05) is 13.2 Å². The molecule has 29 heavy (non-hydrogen) atoms. The molecule has 0 amide bonds. The molecular formula is C20H25F3O6. The highest BCUT2D eigenvalue weighted by atomic mass is 19.4. The van der Waals surface area contributed by atoms with Crippen molar-refractivity contribution in [1.29, 1.82) is 0 Å². The van der Waals surface area contributed by atoms with Crippen LogP contribution in [0.1, 0.15) is 52.4 Å². The molecule has 0 radical (unpaired) electrons. The largest absolute Gasteiger partial charge is 0.466 e. The van der Waals surface area contributed by atoms with Gasteiger partial charge in [-0.05, 0) is 45.4 Å². The number of hydrogen-bond donors (Lipinski definition) is 0. The minimum absolute atomic E-state index is 0.0351. The van der Waals surface area contributed by atoms with Gasteiger partial charge in [0, 0.05) is 18.4 Å². The summed E-state index contributed by atoms with van der Waals surface area (Å²) in [6.07, 6.45) is -3.19. The third kappa shape index (κ3) is 4.00. The predicted molar refractivity (Wildman–Crippen MR) is 93.3 cm³/mol. The lowest BCUT2D eigenvalue weighted by atomic mass is 9.42. The molecule has 0 aromatic carbocycles. The first-order chi connectivity index (χ1) is 13.3. The molecule has 0 aromatic rings. The van der Waals surface area contributed by atoms with Crippen LogP contribution in [0, 0.1) is 16.7 Å². The minimum Gasteiger partial charge on any atom is -0.466 e. The Balaban J connectivity index is 1.96. The van der Waals surface area contributed by atoms with Crippen LogP contribution in [0.2, 0.25) is 0 Å². The highest BCUT2D eigenvalue weighted by molar-refractivity contribution is 5.88. The molecule has 4 aliphatic carbocycles. The van der Waals surface area contributed by atoms with Gasteiger partial charge >= 0.3 is 24.1 Å². The lowest BCUT2D eigenvalue weighted by molar-refractivity contribution is -0.239. The van der Waals surface area contributed by atoms with Crippen LogP contribution in [0.4, 0.5) is 13.2 Å². The lowest BCUT2D eigenvalue weighted by Crippen LogP contribution is -2.65. The van der Waals surface area contributed by atoms with E-state index < -0.39 is 47.1 Å². The van der Waals surface area contributed by atoms with E-state index in [4.69, 9.17) is 9.47 Å². The zero-order valence-corrected chi connectivity index (χ0v) is 16.5. The number of rotatable bonds is 6. The number of esters is 3. The second kappa shape index (κ2) is 7.02. The first kappa shape index (κ1) is 21.6. The highest BCUT2D eigenvalue weighted by Crippen LogP contribution is 2.68. The van der Waals surface area contributed by atoms with Crippen LogP contribution in [-0.2, 0) is 28.6 Å². The van der Waals surface area contributed by atoms with Gasteiger partial charge in [-0.15, -0.1) is 0 Å². The van der Waals surface area contributed by atoms with Gasteiger partial charge in [-0.2, -0.15) is 13.2 Å². The van der Waals surface area contributed by atoms with Crippen LogP contribution in [0.3, 0.4) is 0 Å². The molecule has 0 aliphatic heterocycles. The van der Waals surface area contributed by atoms with Crippen molar-refractivity contribution >= 4 is 17.9 Å². The second-order valence-corrected chi connectivity index (χ2v) is 8.83. The second-order valence-electron chi connectivity index (χ2n) is 8.83. The maximum atomic E-state index is 12.8. The Morgan fingerprint density at radius 3 is 2.03 bits per heavy atom. The topological polar surface area (TPSA) is 78.9 Å². The van der Waals surface area contributed by atoms with Crippen molar-refractivity contribution in [3.05, 3.63) is 12.2 Å². The van der Waals surface area contributed by atoms with E-state index in [0.29, 0.717) is 19.3 Å². The molecule has 0 heterocycles. The standard InChI is InChI=1S/C20H25F3O6/c1-4-27-15(25)17-5-13-6-18(8-17,16(26)28-11-20(21,22)23)10-19(7-13,9-17)29-14(24)12(2)3/h13H,2,4-11H2,1,3H3. The van der Waals surface area contributed by atoms with E-state index in [1.54, 1.807) is 6.92 Å². The fourth-order valence-corrected chi connectivity index (χ4v) is 5.79. The van der Waals surface area contributed by atoms with Gasteiger partial charge in [0.25, 0.3) is 0 Å².